The van der Waals surface area contributed by atoms with Crippen molar-refractivity contribution in [2.75, 3.05) is 10.6 Å². The van der Waals surface area contributed by atoms with Crippen molar-refractivity contribution in [3.63, 3.8) is 0 Å². The van der Waals surface area contributed by atoms with E-state index >= 15 is 0 Å². The van der Waals surface area contributed by atoms with E-state index in [2.05, 4.69) is 25.8 Å². The number of hydrogen-bond acceptors (Lipinski definition) is 9. The maximum atomic E-state index is 11.4. The number of hydrogen-bond donors (Lipinski definition) is 2. The third-order valence-electron chi connectivity index (χ3n) is 2.89. The Morgan fingerprint density at radius 2 is 2.17 bits per heavy atom. The molecule has 0 atom stereocenters. The molecule has 0 aliphatic carbocycles. The highest BCUT2D eigenvalue weighted by Crippen LogP contribution is 2.31. The van der Waals surface area contributed by atoms with E-state index in [4.69, 9.17) is 8.94 Å². The van der Waals surface area contributed by atoms with E-state index in [1.807, 2.05) is 0 Å². The van der Waals surface area contributed by atoms with Crippen molar-refractivity contribution >= 4 is 23.1 Å². The molecule has 0 unspecified atom stereocenters. The van der Waals surface area contributed by atoms with Crippen molar-refractivity contribution < 1.29 is 13.9 Å². The maximum Gasteiger partial charge on any atom is 0.353 e. The topological polar surface area (TPSA) is 132 Å². The van der Waals surface area contributed by atoms with Crippen LogP contribution in [-0.2, 0) is 6.54 Å². The standard InChI is InChI=1S/C13H12N6O4/c1-8-5-10(18-23-8)17-13-11(19(20)21)12(15-7-16-13)14-6-9-3-2-4-22-9/h2-5,7H,6H2,1H3,(H2,14,15,16,17,18). The fourth-order valence-electron chi connectivity index (χ4n) is 1.90. The highest BCUT2D eigenvalue weighted by molar-refractivity contribution is 5.72. The van der Waals surface area contributed by atoms with Gasteiger partial charge >= 0.3 is 5.69 Å². The molecule has 0 saturated heterocycles. The molecule has 0 radical (unpaired) electrons. The third-order valence-corrected chi connectivity index (χ3v) is 2.89. The molecular weight excluding hydrogens is 304 g/mol. The molecule has 0 fully saturated rings. The van der Waals surface area contributed by atoms with Crippen LogP contribution < -0.4 is 10.6 Å². The summed E-state index contributed by atoms with van der Waals surface area (Å²) in [5.74, 6) is 1.60. The lowest BCUT2D eigenvalue weighted by Crippen LogP contribution is -2.08. The molecule has 0 aliphatic rings. The van der Waals surface area contributed by atoms with Gasteiger partial charge < -0.3 is 19.6 Å². The zero-order valence-electron chi connectivity index (χ0n) is 12.0. The molecule has 0 saturated carbocycles. The Balaban J connectivity index is 1.87. The van der Waals surface area contributed by atoms with E-state index < -0.39 is 4.92 Å². The number of anilines is 3. The van der Waals surface area contributed by atoms with Crippen molar-refractivity contribution in [3.05, 3.63) is 52.4 Å². The van der Waals surface area contributed by atoms with Gasteiger partial charge in [-0.25, -0.2) is 9.97 Å². The van der Waals surface area contributed by atoms with Gasteiger partial charge in [0.2, 0.25) is 11.6 Å². The Morgan fingerprint density at radius 3 is 2.83 bits per heavy atom. The second-order valence-corrected chi connectivity index (χ2v) is 4.56. The van der Waals surface area contributed by atoms with E-state index in [1.165, 1.54) is 12.6 Å². The first-order valence-electron chi connectivity index (χ1n) is 6.59. The average Bonchev–Trinajstić information content (AvgIpc) is 3.16. The highest BCUT2D eigenvalue weighted by Gasteiger charge is 2.23. The van der Waals surface area contributed by atoms with Gasteiger partial charge in [-0.05, 0) is 19.1 Å². The van der Waals surface area contributed by atoms with Crippen LogP contribution in [0.15, 0.2) is 39.7 Å². The van der Waals surface area contributed by atoms with Gasteiger partial charge in [-0.15, -0.1) is 0 Å². The minimum absolute atomic E-state index is 0.0141. The predicted octanol–water partition coefficient (Wildman–Crippen LogP) is 2.63. The van der Waals surface area contributed by atoms with Gasteiger partial charge in [-0.2, -0.15) is 0 Å². The maximum absolute atomic E-state index is 11.4. The van der Waals surface area contributed by atoms with Crippen LogP contribution in [0.1, 0.15) is 11.5 Å². The molecule has 3 heterocycles. The van der Waals surface area contributed by atoms with Gasteiger partial charge in [-0.1, -0.05) is 5.16 Å². The van der Waals surface area contributed by atoms with Crippen molar-refractivity contribution in [2.24, 2.45) is 0 Å². The van der Waals surface area contributed by atoms with Gasteiger partial charge in [0, 0.05) is 6.07 Å². The molecule has 2 N–H and O–H groups in total. The van der Waals surface area contributed by atoms with Crippen LogP contribution in [-0.4, -0.2) is 20.0 Å². The van der Waals surface area contributed by atoms with E-state index in [0.717, 1.165) is 0 Å². The zero-order valence-corrected chi connectivity index (χ0v) is 12.0. The number of nitro groups is 1. The summed E-state index contributed by atoms with van der Waals surface area (Å²) in [7, 11) is 0. The first kappa shape index (κ1) is 14.5. The monoisotopic (exact) mass is 316 g/mol. The molecule has 3 aromatic heterocycles. The minimum atomic E-state index is -0.570. The first-order valence-corrected chi connectivity index (χ1v) is 6.59. The van der Waals surface area contributed by atoms with Crippen LogP contribution >= 0.6 is 0 Å². The summed E-state index contributed by atoms with van der Waals surface area (Å²) in [4.78, 5) is 18.6. The number of nitrogens with zero attached hydrogens (tertiary/aromatic N) is 4. The number of aromatic nitrogens is 3. The summed E-state index contributed by atoms with van der Waals surface area (Å²) in [6, 6.07) is 5.07. The smallest absolute Gasteiger partial charge is 0.353 e. The molecule has 23 heavy (non-hydrogen) atoms. The molecule has 0 aromatic carbocycles. The Kier molecular flexibility index (Phi) is 3.87. The van der Waals surface area contributed by atoms with Gasteiger partial charge in [0.05, 0.1) is 17.7 Å². The quantitative estimate of drug-likeness (QED) is 0.520. The number of rotatable bonds is 6. The summed E-state index contributed by atoms with van der Waals surface area (Å²) in [5.41, 5.74) is -0.292. The fourth-order valence-corrected chi connectivity index (χ4v) is 1.90. The fraction of sp³-hybridized carbons (Fsp3) is 0.154. The van der Waals surface area contributed by atoms with Crippen LogP contribution in [0, 0.1) is 17.0 Å². The Bertz CT molecular complexity index is 814. The summed E-state index contributed by atoms with van der Waals surface area (Å²) >= 11 is 0. The van der Waals surface area contributed by atoms with Crippen LogP contribution in [0.4, 0.5) is 23.1 Å². The van der Waals surface area contributed by atoms with Gasteiger partial charge in [-0.3, -0.25) is 10.1 Å². The summed E-state index contributed by atoms with van der Waals surface area (Å²) in [5, 5.41) is 20.7. The molecule has 0 bridgehead atoms. The summed E-state index contributed by atoms with van der Waals surface area (Å²) in [6.07, 6.45) is 2.73. The molecule has 0 amide bonds. The molecule has 10 nitrogen and oxygen atoms in total. The molecule has 10 heteroatoms. The molecular formula is C13H12N6O4. The Labute approximate surface area is 129 Å². The number of nitrogens with one attached hydrogen (secondary N) is 2. The zero-order chi connectivity index (χ0) is 16.2. The van der Waals surface area contributed by atoms with Crippen molar-refractivity contribution in [1.29, 1.82) is 0 Å². The van der Waals surface area contributed by atoms with E-state index in [0.29, 0.717) is 17.3 Å². The Morgan fingerprint density at radius 1 is 1.35 bits per heavy atom. The second-order valence-electron chi connectivity index (χ2n) is 4.56. The number of furan rings is 1. The third kappa shape index (κ3) is 3.26. The highest BCUT2D eigenvalue weighted by atomic mass is 16.6. The van der Waals surface area contributed by atoms with E-state index in [1.54, 1.807) is 25.1 Å². The minimum Gasteiger partial charge on any atom is -0.467 e. The SMILES string of the molecule is Cc1cc(Nc2ncnc(NCc3ccco3)c2[N+](=O)[O-])no1. The summed E-state index contributed by atoms with van der Waals surface area (Å²) < 4.78 is 10.1. The number of aryl methyl sites for hydroxylation is 1. The van der Waals surface area contributed by atoms with Gasteiger partial charge in [0.25, 0.3) is 0 Å². The normalized spacial score (nSPS) is 10.5. The van der Waals surface area contributed by atoms with Crippen molar-refractivity contribution in [2.45, 2.75) is 13.5 Å². The Hall–Kier alpha value is -3.43. The average molecular weight is 316 g/mol. The van der Waals surface area contributed by atoms with Crippen LogP contribution in [0.5, 0.6) is 0 Å². The van der Waals surface area contributed by atoms with Gasteiger partial charge in [0.1, 0.15) is 17.8 Å². The van der Waals surface area contributed by atoms with Crippen LogP contribution in [0.2, 0.25) is 0 Å². The first-order chi connectivity index (χ1) is 11.1. The van der Waals surface area contributed by atoms with E-state index in [-0.39, 0.29) is 23.9 Å². The molecule has 0 spiro atoms. The predicted molar refractivity (Wildman–Crippen MR) is 79.2 cm³/mol. The summed E-state index contributed by atoms with van der Waals surface area (Å²) in [6.45, 7) is 1.97. The second kappa shape index (κ2) is 6.13. The van der Waals surface area contributed by atoms with Crippen LogP contribution in [0.25, 0.3) is 0 Å². The molecule has 3 rings (SSSR count). The van der Waals surface area contributed by atoms with Crippen LogP contribution in [0.3, 0.4) is 0 Å². The lowest BCUT2D eigenvalue weighted by Gasteiger charge is -2.07. The lowest BCUT2D eigenvalue weighted by molar-refractivity contribution is -0.383. The molecule has 118 valence electrons. The van der Waals surface area contributed by atoms with E-state index in [9.17, 15) is 10.1 Å². The lowest BCUT2D eigenvalue weighted by atomic mass is 10.4. The molecule has 0 aliphatic heterocycles. The van der Waals surface area contributed by atoms with Gasteiger partial charge in [0.15, 0.2) is 5.82 Å². The largest absolute Gasteiger partial charge is 0.467 e. The molecule has 3 aromatic rings. The van der Waals surface area contributed by atoms with Crippen molar-refractivity contribution in [3.8, 4) is 0 Å². The van der Waals surface area contributed by atoms with Crippen molar-refractivity contribution in [1.82, 2.24) is 15.1 Å².